The van der Waals surface area contributed by atoms with Crippen molar-refractivity contribution in [1.82, 2.24) is 0 Å². The Morgan fingerprint density at radius 3 is 2.89 bits per heavy atom. The van der Waals surface area contributed by atoms with E-state index in [4.69, 9.17) is 10.5 Å². The minimum absolute atomic E-state index is 0.0350. The smallest absolute Gasteiger partial charge is 0.179 e. The molecule has 0 fully saturated rings. The van der Waals surface area contributed by atoms with Gasteiger partial charge in [-0.1, -0.05) is 0 Å². The van der Waals surface area contributed by atoms with Gasteiger partial charge < -0.3 is 15.4 Å². The molecule has 0 saturated carbocycles. The van der Waals surface area contributed by atoms with Crippen LogP contribution in [0.25, 0.3) is 0 Å². The van der Waals surface area contributed by atoms with Crippen LogP contribution in [0.15, 0.2) is 23.1 Å². The Bertz CT molecular complexity index is 542. The van der Waals surface area contributed by atoms with Crippen molar-refractivity contribution in [2.45, 2.75) is 17.9 Å². The molecule has 1 aliphatic rings. The summed E-state index contributed by atoms with van der Waals surface area (Å²) in [6, 6.07) is 4.95. The van der Waals surface area contributed by atoms with Crippen LogP contribution in [0.4, 0.5) is 5.69 Å². The van der Waals surface area contributed by atoms with Gasteiger partial charge in [0.05, 0.1) is 22.9 Å². The maximum atomic E-state index is 11.9. The standard InChI is InChI=1S/C12H18N2O3S/c1-9-8-14(2)11-7-10(3-4-12(11)17-9)18(15,16)6-5-13/h3-4,7,9H,5-6,8,13H2,1-2H3. The molecule has 0 spiro atoms. The molecule has 18 heavy (non-hydrogen) atoms. The molecule has 1 heterocycles. The lowest BCUT2D eigenvalue weighted by Gasteiger charge is -2.32. The van der Waals surface area contributed by atoms with E-state index in [2.05, 4.69) is 0 Å². The van der Waals surface area contributed by atoms with E-state index in [1.54, 1.807) is 18.2 Å². The van der Waals surface area contributed by atoms with Crippen molar-refractivity contribution in [1.29, 1.82) is 0 Å². The number of hydrogen-bond acceptors (Lipinski definition) is 5. The summed E-state index contributed by atoms with van der Waals surface area (Å²) in [5.41, 5.74) is 6.13. The Hall–Kier alpha value is -1.27. The number of benzene rings is 1. The number of ether oxygens (including phenoxy) is 1. The monoisotopic (exact) mass is 270 g/mol. The second-order valence-electron chi connectivity index (χ2n) is 4.55. The Kier molecular flexibility index (Phi) is 3.49. The number of fused-ring (bicyclic) bond motifs is 1. The first-order valence-corrected chi connectivity index (χ1v) is 7.54. The quantitative estimate of drug-likeness (QED) is 0.872. The summed E-state index contributed by atoms with van der Waals surface area (Å²) in [6.45, 7) is 2.86. The fourth-order valence-electron chi connectivity index (χ4n) is 2.10. The Balaban J connectivity index is 2.41. The first-order chi connectivity index (χ1) is 8.44. The molecule has 0 saturated heterocycles. The Labute approximate surface area is 107 Å². The van der Waals surface area contributed by atoms with Gasteiger partial charge in [-0.3, -0.25) is 0 Å². The maximum Gasteiger partial charge on any atom is 0.179 e. The number of likely N-dealkylation sites (N-methyl/N-ethyl adjacent to an activating group) is 1. The SMILES string of the molecule is CC1CN(C)c2cc(S(=O)(=O)CCN)ccc2O1. The van der Waals surface area contributed by atoms with E-state index in [0.717, 1.165) is 18.0 Å². The number of nitrogens with zero attached hydrogens (tertiary/aromatic N) is 1. The van der Waals surface area contributed by atoms with Gasteiger partial charge >= 0.3 is 0 Å². The fourth-order valence-corrected chi connectivity index (χ4v) is 3.21. The van der Waals surface area contributed by atoms with Crippen LogP contribution in [-0.2, 0) is 9.84 Å². The van der Waals surface area contributed by atoms with Crippen LogP contribution in [0.1, 0.15) is 6.92 Å². The molecule has 0 aromatic heterocycles. The van der Waals surface area contributed by atoms with Crippen molar-refractivity contribution in [2.75, 3.05) is 30.8 Å². The molecule has 6 heteroatoms. The van der Waals surface area contributed by atoms with Gasteiger partial charge in [-0.2, -0.15) is 0 Å². The van der Waals surface area contributed by atoms with Crippen LogP contribution >= 0.6 is 0 Å². The first-order valence-electron chi connectivity index (χ1n) is 5.88. The van der Waals surface area contributed by atoms with Crippen LogP contribution in [0.3, 0.4) is 0 Å². The van der Waals surface area contributed by atoms with Crippen molar-refractivity contribution < 1.29 is 13.2 Å². The van der Waals surface area contributed by atoms with Crippen LogP contribution in [0, 0.1) is 0 Å². The third kappa shape index (κ3) is 2.44. The van der Waals surface area contributed by atoms with Crippen molar-refractivity contribution in [3.05, 3.63) is 18.2 Å². The van der Waals surface area contributed by atoms with Gasteiger partial charge in [0, 0.05) is 13.6 Å². The molecule has 1 unspecified atom stereocenters. The van der Waals surface area contributed by atoms with Gasteiger partial charge in [-0.25, -0.2) is 8.42 Å². The van der Waals surface area contributed by atoms with E-state index in [1.165, 1.54) is 0 Å². The summed E-state index contributed by atoms with van der Waals surface area (Å²) < 4.78 is 29.6. The van der Waals surface area contributed by atoms with E-state index in [0.29, 0.717) is 4.90 Å². The third-order valence-electron chi connectivity index (χ3n) is 2.95. The largest absolute Gasteiger partial charge is 0.487 e. The maximum absolute atomic E-state index is 11.9. The molecule has 0 amide bonds. The second-order valence-corrected chi connectivity index (χ2v) is 6.66. The van der Waals surface area contributed by atoms with Gasteiger partial charge in [-0.15, -0.1) is 0 Å². The normalized spacial score (nSPS) is 19.3. The Morgan fingerprint density at radius 1 is 1.50 bits per heavy atom. The van der Waals surface area contributed by atoms with E-state index in [9.17, 15) is 8.42 Å². The number of anilines is 1. The molecule has 1 atom stereocenters. The molecule has 0 aliphatic carbocycles. The van der Waals surface area contributed by atoms with Gasteiger partial charge in [-0.05, 0) is 25.1 Å². The number of hydrogen-bond donors (Lipinski definition) is 1. The first kappa shape index (κ1) is 13.2. The highest BCUT2D eigenvalue weighted by Crippen LogP contribution is 2.34. The zero-order valence-electron chi connectivity index (χ0n) is 10.6. The second kappa shape index (κ2) is 4.78. The molecular weight excluding hydrogens is 252 g/mol. The van der Waals surface area contributed by atoms with Crippen LogP contribution in [0.2, 0.25) is 0 Å². The van der Waals surface area contributed by atoms with E-state index >= 15 is 0 Å². The highest BCUT2D eigenvalue weighted by Gasteiger charge is 2.23. The van der Waals surface area contributed by atoms with Gasteiger partial charge in [0.1, 0.15) is 11.9 Å². The molecule has 100 valence electrons. The molecule has 0 radical (unpaired) electrons. The zero-order valence-corrected chi connectivity index (χ0v) is 11.4. The van der Waals surface area contributed by atoms with Crippen molar-refractivity contribution >= 4 is 15.5 Å². The molecular formula is C12H18N2O3S. The molecule has 2 N–H and O–H groups in total. The summed E-state index contributed by atoms with van der Waals surface area (Å²) in [6.07, 6.45) is 0.106. The van der Waals surface area contributed by atoms with E-state index < -0.39 is 9.84 Å². The molecule has 1 aromatic carbocycles. The number of nitrogens with two attached hydrogens (primary N) is 1. The van der Waals surface area contributed by atoms with Crippen molar-refractivity contribution in [3.63, 3.8) is 0 Å². The molecule has 2 rings (SSSR count). The van der Waals surface area contributed by atoms with Crippen LogP contribution < -0.4 is 15.4 Å². The van der Waals surface area contributed by atoms with E-state index in [-0.39, 0.29) is 18.4 Å². The summed E-state index contributed by atoms with van der Waals surface area (Å²) >= 11 is 0. The predicted octanol–water partition coefficient (Wildman–Crippen LogP) is 0.636. The minimum atomic E-state index is -3.29. The summed E-state index contributed by atoms with van der Waals surface area (Å²) in [7, 11) is -1.36. The fraction of sp³-hybridized carbons (Fsp3) is 0.500. The average Bonchev–Trinajstić information content (AvgIpc) is 2.28. The lowest BCUT2D eigenvalue weighted by atomic mass is 10.2. The van der Waals surface area contributed by atoms with Crippen LogP contribution in [-0.4, -0.2) is 40.4 Å². The van der Waals surface area contributed by atoms with Crippen molar-refractivity contribution in [3.8, 4) is 5.75 Å². The minimum Gasteiger partial charge on any atom is -0.487 e. The molecule has 0 bridgehead atoms. The lowest BCUT2D eigenvalue weighted by Crippen LogP contribution is -2.35. The van der Waals surface area contributed by atoms with Gasteiger partial charge in [0.25, 0.3) is 0 Å². The number of sulfone groups is 1. The summed E-state index contributed by atoms with van der Waals surface area (Å²) in [4.78, 5) is 2.31. The predicted molar refractivity (Wildman–Crippen MR) is 70.9 cm³/mol. The average molecular weight is 270 g/mol. The van der Waals surface area contributed by atoms with Crippen molar-refractivity contribution in [2.24, 2.45) is 5.73 Å². The molecule has 1 aliphatic heterocycles. The summed E-state index contributed by atoms with van der Waals surface area (Å²) in [5, 5.41) is 0. The highest BCUT2D eigenvalue weighted by atomic mass is 32.2. The van der Waals surface area contributed by atoms with E-state index in [1.807, 2.05) is 18.9 Å². The molecule has 1 aromatic rings. The third-order valence-corrected chi connectivity index (χ3v) is 4.69. The zero-order chi connectivity index (χ0) is 13.3. The lowest BCUT2D eigenvalue weighted by molar-refractivity contribution is 0.215. The van der Waals surface area contributed by atoms with Gasteiger partial charge in [0.2, 0.25) is 0 Å². The van der Waals surface area contributed by atoms with Gasteiger partial charge in [0.15, 0.2) is 9.84 Å². The highest BCUT2D eigenvalue weighted by molar-refractivity contribution is 7.91. The van der Waals surface area contributed by atoms with Crippen LogP contribution in [0.5, 0.6) is 5.75 Å². The molecule has 5 nitrogen and oxygen atoms in total. The summed E-state index contributed by atoms with van der Waals surface area (Å²) in [5.74, 6) is 0.690. The number of rotatable bonds is 3. The Morgan fingerprint density at radius 2 is 2.22 bits per heavy atom. The topological polar surface area (TPSA) is 72.6 Å².